The van der Waals surface area contributed by atoms with E-state index in [4.69, 9.17) is 0 Å². The molecule has 0 aliphatic carbocycles. The lowest BCUT2D eigenvalue weighted by molar-refractivity contribution is -0.205. The number of hydrogen-bond donors (Lipinski definition) is 2. The molecule has 1 spiro atoms. The normalized spacial score (nSPS) is 22.5. The maximum Gasteiger partial charge on any atom is 0.280 e. The predicted octanol–water partition coefficient (Wildman–Crippen LogP) is 4.18. The molecule has 1 aromatic rings. The molecule has 0 atom stereocenters. The van der Waals surface area contributed by atoms with Crippen LogP contribution in [0.4, 0.5) is 13.2 Å². The number of piperidine rings is 1. The summed E-state index contributed by atoms with van der Waals surface area (Å²) in [4.78, 5) is 1.89. The predicted molar refractivity (Wildman–Crippen MR) is 117 cm³/mol. The van der Waals surface area contributed by atoms with Crippen LogP contribution in [-0.4, -0.2) is 56.1 Å². The molecule has 3 aliphatic heterocycles. The van der Waals surface area contributed by atoms with E-state index in [9.17, 15) is 13.2 Å². The van der Waals surface area contributed by atoms with Crippen molar-refractivity contribution in [1.29, 1.82) is 0 Å². The topological polar surface area (TPSA) is 27.3 Å². The van der Waals surface area contributed by atoms with Crippen molar-refractivity contribution in [1.82, 2.24) is 15.5 Å². The van der Waals surface area contributed by atoms with Gasteiger partial charge in [0.2, 0.25) is 0 Å². The molecule has 168 valence electrons. The number of nitrogens with one attached hydrogen (secondary N) is 2. The third kappa shape index (κ3) is 5.65. The van der Waals surface area contributed by atoms with Crippen molar-refractivity contribution in [3.05, 3.63) is 47.8 Å². The molecule has 3 fully saturated rings. The average Bonchev–Trinajstić information content (AvgIpc) is 2.71. The Bertz CT molecular complexity index is 695. The molecule has 0 amide bonds. The molecule has 0 aromatic heterocycles. The van der Waals surface area contributed by atoms with Gasteiger partial charge in [0.15, 0.2) is 0 Å². The molecule has 30 heavy (non-hydrogen) atoms. The number of allylic oxidation sites excluding steroid dienone is 1. The molecule has 0 saturated carbocycles. The van der Waals surface area contributed by atoms with E-state index in [0.717, 1.165) is 23.5 Å². The second kappa shape index (κ2) is 10.3. The van der Waals surface area contributed by atoms with E-state index < -0.39 is 11.5 Å². The van der Waals surface area contributed by atoms with Gasteiger partial charge in [0.1, 0.15) is 11.4 Å². The largest absolute Gasteiger partial charge is 0.317 e. The van der Waals surface area contributed by atoms with Crippen LogP contribution in [-0.2, 0) is 12.8 Å². The molecule has 3 aliphatic rings. The van der Waals surface area contributed by atoms with E-state index in [-0.39, 0.29) is 12.4 Å². The summed E-state index contributed by atoms with van der Waals surface area (Å²) in [5.74, 6) is -1.64. The van der Waals surface area contributed by atoms with Gasteiger partial charge < -0.3 is 10.2 Å². The standard InChI is InChI=1S/C18H26FN.C6H10F2N2/c1-2-5-17-9-8-16(14-18(17)19)7-4-3-6-15-10-12-20-13-11-15;1-10-3-5(4-10)6(7,8)2-9-5/h2,8-9,14-15,20H,1,3-7,10-13H2;9H,2-4H2,1H3. The van der Waals surface area contributed by atoms with E-state index in [1.807, 2.05) is 18.0 Å². The molecule has 6 heteroatoms. The lowest BCUT2D eigenvalue weighted by atomic mass is 9.77. The summed E-state index contributed by atoms with van der Waals surface area (Å²) in [6, 6.07) is 5.66. The molecule has 3 heterocycles. The first kappa shape index (κ1) is 23.3. The summed E-state index contributed by atoms with van der Waals surface area (Å²) in [5, 5.41) is 6.19. The molecule has 2 N–H and O–H groups in total. The van der Waals surface area contributed by atoms with Crippen LogP contribution in [0.25, 0.3) is 0 Å². The zero-order valence-electron chi connectivity index (χ0n) is 18.2. The van der Waals surface area contributed by atoms with Crippen molar-refractivity contribution in [3.63, 3.8) is 0 Å². The number of likely N-dealkylation sites (N-methyl/N-ethyl adjacent to an activating group) is 1. The van der Waals surface area contributed by atoms with Crippen LogP contribution in [0.3, 0.4) is 0 Å². The number of hydrogen-bond acceptors (Lipinski definition) is 3. The lowest BCUT2D eigenvalue weighted by Gasteiger charge is -2.59. The zero-order chi connectivity index (χ0) is 21.6. The summed E-state index contributed by atoms with van der Waals surface area (Å²) >= 11 is 0. The number of benzene rings is 1. The van der Waals surface area contributed by atoms with Gasteiger partial charge in [-0.1, -0.05) is 31.1 Å². The van der Waals surface area contributed by atoms with Crippen LogP contribution in [0, 0.1) is 11.7 Å². The number of likely N-dealkylation sites (tertiary alicyclic amines) is 1. The first-order valence-corrected chi connectivity index (χ1v) is 11.3. The Balaban J connectivity index is 0.000000212. The highest BCUT2D eigenvalue weighted by atomic mass is 19.3. The number of aryl methyl sites for hydroxylation is 1. The summed E-state index contributed by atoms with van der Waals surface area (Å²) < 4.78 is 39.2. The fraction of sp³-hybridized carbons (Fsp3) is 0.667. The minimum atomic E-state index is -2.46. The highest BCUT2D eigenvalue weighted by molar-refractivity contribution is 5.26. The molecule has 0 unspecified atom stereocenters. The summed E-state index contributed by atoms with van der Waals surface area (Å²) in [5.41, 5.74) is 1.03. The van der Waals surface area contributed by atoms with Gasteiger partial charge in [0.25, 0.3) is 5.92 Å². The molecular formula is C24H36F3N3. The fourth-order valence-corrected chi connectivity index (χ4v) is 4.69. The number of halogens is 3. The van der Waals surface area contributed by atoms with Gasteiger partial charge in [-0.2, -0.15) is 0 Å². The molecule has 3 nitrogen and oxygen atoms in total. The molecule has 4 rings (SSSR count). The Kier molecular flexibility index (Phi) is 7.99. The Morgan fingerprint density at radius 3 is 2.43 bits per heavy atom. The molecule has 0 radical (unpaired) electrons. The first-order valence-electron chi connectivity index (χ1n) is 11.3. The summed E-state index contributed by atoms with van der Waals surface area (Å²) in [6.45, 7) is 6.85. The maximum atomic E-state index is 13.8. The smallest absolute Gasteiger partial charge is 0.280 e. The second-order valence-corrected chi connectivity index (χ2v) is 9.17. The summed E-state index contributed by atoms with van der Waals surface area (Å²) in [6.07, 6.45) is 9.77. The molecule has 1 aromatic carbocycles. The van der Waals surface area contributed by atoms with Crippen LogP contribution >= 0.6 is 0 Å². The van der Waals surface area contributed by atoms with Crippen LogP contribution in [0.15, 0.2) is 30.9 Å². The van der Waals surface area contributed by atoms with Crippen LogP contribution in [0.5, 0.6) is 0 Å². The average molecular weight is 424 g/mol. The van der Waals surface area contributed by atoms with E-state index in [1.54, 1.807) is 12.1 Å². The highest BCUT2D eigenvalue weighted by Crippen LogP contribution is 2.41. The van der Waals surface area contributed by atoms with E-state index >= 15 is 0 Å². The quantitative estimate of drug-likeness (QED) is 0.509. The van der Waals surface area contributed by atoms with Crippen LogP contribution < -0.4 is 10.6 Å². The highest BCUT2D eigenvalue weighted by Gasteiger charge is 2.66. The monoisotopic (exact) mass is 423 g/mol. The number of rotatable bonds is 7. The van der Waals surface area contributed by atoms with Crippen LogP contribution in [0.2, 0.25) is 0 Å². The first-order chi connectivity index (χ1) is 14.4. The minimum Gasteiger partial charge on any atom is -0.317 e. The van der Waals surface area contributed by atoms with Crippen LogP contribution in [0.1, 0.15) is 43.2 Å². The van der Waals surface area contributed by atoms with Crippen molar-refractivity contribution in [2.75, 3.05) is 39.8 Å². The van der Waals surface area contributed by atoms with Gasteiger partial charge in [-0.25, -0.2) is 13.2 Å². The molecule has 0 bridgehead atoms. The van der Waals surface area contributed by atoms with Crippen molar-refractivity contribution in [3.8, 4) is 0 Å². The van der Waals surface area contributed by atoms with E-state index in [0.29, 0.717) is 19.5 Å². The van der Waals surface area contributed by atoms with Crippen molar-refractivity contribution in [2.24, 2.45) is 5.92 Å². The maximum absolute atomic E-state index is 13.8. The van der Waals surface area contributed by atoms with Crippen molar-refractivity contribution >= 4 is 0 Å². The van der Waals surface area contributed by atoms with Crippen molar-refractivity contribution < 1.29 is 13.2 Å². The zero-order valence-corrected chi connectivity index (χ0v) is 18.2. The lowest BCUT2D eigenvalue weighted by Crippen LogP contribution is -2.85. The van der Waals surface area contributed by atoms with Gasteiger partial charge in [0, 0.05) is 13.1 Å². The molecular weight excluding hydrogens is 387 g/mol. The van der Waals surface area contributed by atoms with Crippen molar-refractivity contribution in [2.45, 2.75) is 56.4 Å². The number of alkyl halides is 2. The Morgan fingerprint density at radius 2 is 1.93 bits per heavy atom. The Labute approximate surface area is 179 Å². The Hall–Kier alpha value is -1.37. The van der Waals surface area contributed by atoms with E-state index in [1.165, 1.54) is 45.2 Å². The minimum absolute atomic E-state index is 0.0826. The van der Waals surface area contributed by atoms with Gasteiger partial charge in [-0.15, -0.1) is 6.58 Å². The SMILES string of the molecule is C=CCc1ccc(CCCCC2CCNCC2)cc1F.CN1CC2(C1)NCC2(F)F. The Morgan fingerprint density at radius 1 is 1.20 bits per heavy atom. The summed E-state index contributed by atoms with van der Waals surface area (Å²) in [7, 11) is 1.85. The molecule has 3 saturated heterocycles. The number of nitrogens with zero attached hydrogens (tertiary/aromatic N) is 1. The van der Waals surface area contributed by atoms with E-state index in [2.05, 4.69) is 23.3 Å². The number of unbranched alkanes of at least 4 members (excludes halogenated alkanes) is 1. The third-order valence-electron chi connectivity index (χ3n) is 6.70. The second-order valence-electron chi connectivity index (χ2n) is 9.17. The third-order valence-corrected chi connectivity index (χ3v) is 6.70. The van der Waals surface area contributed by atoms with Gasteiger partial charge in [0.05, 0.1) is 6.54 Å². The van der Waals surface area contributed by atoms with Gasteiger partial charge in [-0.3, -0.25) is 5.32 Å². The van der Waals surface area contributed by atoms with Gasteiger partial charge in [-0.05, 0) is 75.4 Å². The van der Waals surface area contributed by atoms with Gasteiger partial charge >= 0.3 is 0 Å². The fourth-order valence-electron chi connectivity index (χ4n) is 4.69.